The number of carbonyl (C=O) groups excluding carboxylic acids is 4. The molecule has 1 aliphatic rings. The van der Waals surface area contributed by atoms with Gasteiger partial charge < -0.3 is 69.0 Å². The van der Waals surface area contributed by atoms with E-state index in [-0.39, 0.29) is 65.3 Å². The molecule has 58 heavy (non-hydrogen) atoms. The predicted molar refractivity (Wildman–Crippen MR) is 195 cm³/mol. The summed E-state index contributed by atoms with van der Waals surface area (Å²) in [5.41, 5.74) is 1.98. The average Bonchev–Trinajstić information content (AvgIpc) is 3.66. The molecule has 1 saturated heterocycles. The highest BCUT2D eigenvalue weighted by Gasteiger charge is 2.55. The molecule has 0 aliphatic carbocycles. The topological polar surface area (TPSA) is 392 Å². The van der Waals surface area contributed by atoms with Gasteiger partial charge in [0.15, 0.2) is 28.1 Å². The van der Waals surface area contributed by atoms with E-state index in [1.807, 2.05) is 6.92 Å². The van der Waals surface area contributed by atoms with Crippen LogP contribution in [0.2, 0.25) is 0 Å². The Morgan fingerprint density at radius 2 is 1.76 bits per heavy atom. The molecule has 3 heterocycles. The number of ketones is 1. The van der Waals surface area contributed by atoms with E-state index in [2.05, 4.69) is 43.5 Å². The first-order chi connectivity index (χ1) is 26.8. The van der Waals surface area contributed by atoms with Crippen LogP contribution in [0, 0.1) is 5.41 Å². The number of hydrogen-bond donors (Lipinski definition) is 5. The van der Waals surface area contributed by atoms with Gasteiger partial charge in [0.2, 0.25) is 11.8 Å². The van der Waals surface area contributed by atoms with E-state index in [0.29, 0.717) is 0 Å². The first kappa shape index (κ1) is 49.9. The highest BCUT2D eigenvalue weighted by atomic mass is 32.2. The number of aliphatic hydroxyl groups excluding tert-OH is 2. The summed E-state index contributed by atoms with van der Waals surface area (Å²) >= 11 is 2.29. The quantitative estimate of drug-likeness (QED) is 0.0398. The van der Waals surface area contributed by atoms with Crippen LogP contribution in [0.25, 0.3) is 11.2 Å². The maximum absolute atomic E-state index is 12.6. The number of aromatic nitrogens is 4. The number of nitrogens with two attached hydrogens (primary N) is 1. The maximum Gasteiger partial charge on any atom is 0.274 e. The van der Waals surface area contributed by atoms with Crippen molar-refractivity contribution in [1.82, 2.24) is 30.2 Å². The molecule has 0 bridgehead atoms. The summed E-state index contributed by atoms with van der Waals surface area (Å²) in [6.07, 6.45) is -6.40. The molecule has 1 aliphatic heterocycles. The molecule has 7 atom stereocenters. The molecule has 0 radical (unpaired) electrons. The Kier molecular flexibility index (Phi) is 18.0. The lowest BCUT2D eigenvalue weighted by Gasteiger charge is -2.36. The fourth-order valence-electron chi connectivity index (χ4n) is 5.06. The first-order valence-electron chi connectivity index (χ1n) is 16.9. The van der Waals surface area contributed by atoms with Crippen molar-refractivity contribution in [2.24, 2.45) is 5.41 Å². The first-order valence-corrected chi connectivity index (χ1v) is 23.4. The van der Waals surface area contributed by atoms with E-state index in [0.717, 1.165) is 34.7 Å². The van der Waals surface area contributed by atoms with Crippen molar-refractivity contribution in [3.05, 3.63) is 12.7 Å². The SMILES string of the molecule is CCSCC(=O)CC(=O)SCCNC(=O)CCNC(=O)C(O)C(C)(C)COP(=O)([O-])OP(=O)([O-])OCC1OC(C)(n2cnc3c(N)ncnc32)C(O)C1OP(=O)([O-])[O-]. The number of Topliss-reactive ketones (excluding diaryl/α,β-unsaturated/α-hetero) is 1. The van der Waals surface area contributed by atoms with Gasteiger partial charge in [-0.1, -0.05) is 32.5 Å². The fraction of sp³-hybridized carbons (Fsp3) is 0.679. The zero-order valence-corrected chi connectivity index (χ0v) is 35.6. The molecule has 0 aromatic carbocycles. The van der Waals surface area contributed by atoms with E-state index < -0.39 is 84.1 Å². The average molecular weight is 922 g/mol. The predicted octanol–water partition coefficient (Wildman–Crippen LogP) is -2.98. The summed E-state index contributed by atoms with van der Waals surface area (Å²) < 4.78 is 61.0. The van der Waals surface area contributed by atoms with E-state index in [9.17, 15) is 62.7 Å². The Hall–Kier alpha value is -2.42. The zero-order chi connectivity index (χ0) is 43.7. The van der Waals surface area contributed by atoms with Crippen LogP contribution in [0.15, 0.2) is 12.7 Å². The number of phosphoric acid groups is 3. The van der Waals surface area contributed by atoms with Crippen molar-refractivity contribution < 1.29 is 85.3 Å². The molecule has 25 nitrogen and oxygen atoms in total. The van der Waals surface area contributed by atoms with Gasteiger partial charge in [-0.3, -0.25) is 32.9 Å². The third-order valence-electron chi connectivity index (χ3n) is 8.03. The third kappa shape index (κ3) is 14.6. The number of carbonyl (C=O) groups is 4. The number of nitrogen functional groups attached to an aromatic ring is 1. The Balaban J connectivity index is 1.49. The zero-order valence-electron chi connectivity index (χ0n) is 31.3. The number of nitrogens with one attached hydrogen (secondary N) is 2. The van der Waals surface area contributed by atoms with Gasteiger partial charge in [0.25, 0.3) is 15.6 Å². The second kappa shape index (κ2) is 20.9. The lowest BCUT2D eigenvalue weighted by atomic mass is 9.87. The molecule has 6 N–H and O–H groups in total. The third-order valence-corrected chi connectivity index (χ3v) is 12.9. The largest absolute Gasteiger partial charge is 0.790 e. The number of thioether (sulfide) groups is 2. The van der Waals surface area contributed by atoms with Crippen LogP contribution in [0.4, 0.5) is 5.82 Å². The van der Waals surface area contributed by atoms with Crippen molar-refractivity contribution in [3.63, 3.8) is 0 Å². The smallest absolute Gasteiger partial charge is 0.274 e. The van der Waals surface area contributed by atoms with Crippen LogP contribution in [-0.2, 0) is 61.2 Å². The van der Waals surface area contributed by atoms with Crippen molar-refractivity contribution in [2.75, 3.05) is 49.3 Å². The molecular formula is C28H42N7O18P3S2-4. The number of hydrogen-bond acceptors (Lipinski definition) is 24. The van der Waals surface area contributed by atoms with Crippen LogP contribution >= 0.6 is 47.0 Å². The van der Waals surface area contributed by atoms with Crippen LogP contribution in [-0.4, -0.2) is 120 Å². The Morgan fingerprint density at radius 3 is 2.41 bits per heavy atom. The summed E-state index contributed by atoms with van der Waals surface area (Å²) in [5.74, 6) is -0.631. The molecule has 0 saturated carbocycles. The minimum Gasteiger partial charge on any atom is -0.790 e. The van der Waals surface area contributed by atoms with Crippen molar-refractivity contribution in [2.45, 2.75) is 70.7 Å². The normalized spacial score (nSPS) is 22.6. The minimum atomic E-state index is -5.95. The summed E-state index contributed by atoms with van der Waals surface area (Å²) in [5, 5.41) is 26.1. The van der Waals surface area contributed by atoms with Gasteiger partial charge in [-0.15, -0.1) is 0 Å². The van der Waals surface area contributed by atoms with Crippen molar-refractivity contribution >= 4 is 86.7 Å². The van der Waals surface area contributed by atoms with Crippen molar-refractivity contribution in [1.29, 1.82) is 0 Å². The highest BCUT2D eigenvalue weighted by Crippen LogP contribution is 2.56. The summed E-state index contributed by atoms with van der Waals surface area (Å²) in [6.45, 7) is 2.95. The Morgan fingerprint density at radius 1 is 1.09 bits per heavy atom. The van der Waals surface area contributed by atoms with Crippen LogP contribution < -0.4 is 35.9 Å². The standard InChI is InChI=1S/C28H46N7O18P3S2/c1-5-57-12-16(36)10-19(38)58-9-8-30-18(37)6-7-31-26(41)23(40)27(2,3)13-50-56(47,48)53-55(45,46)49-11-17-21(52-54(42,43)44)22(39)28(4,51-17)35-15-34-20-24(29)32-14-33-25(20)35/h14-15,17,21-23,39-40H,5-13H2,1-4H3,(H,30,37)(H,31,41)(H,45,46)(H,47,48)(H2,29,32,33)(H2,42,43,44)/p-4. The number of amides is 2. The van der Waals surface area contributed by atoms with Gasteiger partial charge in [-0.05, 0) is 12.7 Å². The number of imidazole rings is 1. The molecule has 7 unspecified atom stereocenters. The van der Waals surface area contributed by atoms with E-state index >= 15 is 0 Å². The van der Waals surface area contributed by atoms with E-state index in [1.54, 1.807) is 0 Å². The highest BCUT2D eigenvalue weighted by molar-refractivity contribution is 8.13. The number of aliphatic hydroxyl groups is 2. The molecule has 2 aromatic heterocycles. The Bertz CT molecular complexity index is 1940. The minimum absolute atomic E-state index is 0.0291. The molecule has 0 spiro atoms. The second-order valence-electron chi connectivity index (χ2n) is 13.1. The summed E-state index contributed by atoms with van der Waals surface area (Å²) in [4.78, 5) is 108. The van der Waals surface area contributed by atoms with E-state index in [4.69, 9.17) is 10.5 Å². The lowest BCUT2D eigenvalue weighted by molar-refractivity contribution is -0.347. The fourth-order valence-corrected chi connectivity index (χ4v) is 9.02. The van der Waals surface area contributed by atoms with Crippen molar-refractivity contribution in [3.8, 4) is 0 Å². The molecule has 328 valence electrons. The maximum atomic E-state index is 12.6. The van der Waals surface area contributed by atoms with Gasteiger partial charge in [-0.25, -0.2) is 19.3 Å². The van der Waals surface area contributed by atoms with Crippen LogP contribution in [0.1, 0.15) is 40.5 Å². The summed E-state index contributed by atoms with van der Waals surface area (Å²) in [6, 6.07) is 0. The molecule has 30 heteroatoms. The van der Waals surface area contributed by atoms with E-state index in [1.165, 1.54) is 32.5 Å². The lowest BCUT2D eigenvalue weighted by Crippen LogP contribution is -2.46. The monoisotopic (exact) mass is 921 g/mol. The number of anilines is 1. The van der Waals surface area contributed by atoms with Gasteiger partial charge in [0.1, 0.15) is 36.3 Å². The van der Waals surface area contributed by atoms with Gasteiger partial charge >= 0.3 is 0 Å². The second-order valence-corrected chi connectivity index (χ2v) is 19.6. The number of fused-ring (bicyclic) bond motifs is 1. The molecular weight excluding hydrogens is 879 g/mol. The Labute approximate surface area is 339 Å². The number of ether oxygens (including phenoxy) is 1. The molecule has 2 aromatic rings. The number of phosphoric ester groups is 3. The molecule has 1 fully saturated rings. The van der Waals surface area contributed by atoms with Gasteiger partial charge in [0, 0.05) is 30.7 Å². The van der Waals surface area contributed by atoms with Crippen LogP contribution in [0.3, 0.4) is 0 Å². The summed E-state index contributed by atoms with van der Waals surface area (Å²) in [7, 11) is -17.7. The molecule has 2 amide bonds. The van der Waals surface area contributed by atoms with Gasteiger partial charge in [0.05, 0.1) is 39.5 Å². The number of nitrogens with zero attached hydrogens (tertiary/aromatic N) is 4. The molecule has 3 rings (SSSR count). The number of rotatable bonds is 24. The van der Waals surface area contributed by atoms with Crippen LogP contribution in [0.5, 0.6) is 0 Å². The van der Waals surface area contributed by atoms with Gasteiger partial charge in [-0.2, -0.15) is 11.8 Å².